The summed E-state index contributed by atoms with van der Waals surface area (Å²) in [6.07, 6.45) is 2.41. The Balaban J connectivity index is 0.00000304. The molecule has 0 bridgehead atoms. The van der Waals surface area contributed by atoms with Gasteiger partial charge in [-0.25, -0.2) is 19.7 Å². The van der Waals surface area contributed by atoms with Crippen molar-refractivity contribution in [3.63, 3.8) is 0 Å². The van der Waals surface area contributed by atoms with Crippen LogP contribution in [0.4, 0.5) is 16.4 Å². The molecule has 0 aliphatic carbocycles. The zero-order chi connectivity index (χ0) is 24.7. The largest absolute Gasteiger partial charge is 0.440 e. The molecule has 0 unspecified atom stereocenters. The number of aryl methyl sites for hydroxylation is 1. The molecule has 11 nitrogen and oxygen atoms in total. The number of rotatable bonds is 6. The van der Waals surface area contributed by atoms with Crippen LogP contribution >= 0.6 is 13.5 Å². The third kappa shape index (κ3) is 4.49. The van der Waals surface area contributed by atoms with Crippen LogP contribution in [0.15, 0.2) is 43.0 Å². The Hall–Kier alpha value is -3.64. The van der Waals surface area contributed by atoms with E-state index in [2.05, 4.69) is 30.5 Å². The van der Waals surface area contributed by atoms with Crippen molar-refractivity contribution in [3.05, 3.63) is 59.8 Å². The fraction of sp³-hybridized carbons (Fsp3) is 0.375. The highest BCUT2D eigenvalue weighted by atomic mass is 32.1. The van der Waals surface area contributed by atoms with E-state index in [1.165, 1.54) is 6.33 Å². The fourth-order valence-electron chi connectivity index (χ4n) is 4.46. The monoisotopic (exact) mass is 509 g/mol. The number of aromatic amines is 1. The highest BCUT2D eigenvalue weighted by Gasteiger charge is 2.45. The van der Waals surface area contributed by atoms with E-state index < -0.39 is 5.54 Å². The molecule has 0 fully saturated rings. The van der Waals surface area contributed by atoms with Crippen molar-refractivity contribution in [3.8, 4) is 0 Å². The average molecular weight is 510 g/mol. The summed E-state index contributed by atoms with van der Waals surface area (Å²) in [6.45, 7) is 4.89. The number of H-pyrrole nitrogens is 1. The summed E-state index contributed by atoms with van der Waals surface area (Å²) in [7, 11) is 5.80. The van der Waals surface area contributed by atoms with Gasteiger partial charge in [-0.15, -0.1) is 0 Å². The van der Waals surface area contributed by atoms with Gasteiger partial charge in [-0.2, -0.15) is 18.6 Å². The first-order valence-electron chi connectivity index (χ1n) is 11.4. The molecule has 1 amide bonds. The number of imidazole rings is 1. The molecule has 4 aromatic rings. The van der Waals surface area contributed by atoms with Crippen LogP contribution < -0.4 is 5.32 Å². The van der Waals surface area contributed by atoms with E-state index in [0.29, 0.717) is 35.9 Å². The molecule has 1 atom stereocenters. The normalized spacial score (nSPS) is 15.0. The number of likely N-dealkylation sites (N-methyl/N-ethyl adjacent to an activating group) is 1. The standard InChI is InChI=1S/C24H29N9O2.H2S/c1-24(2)19-16(20(30-29-19)28-21-18-22(26-13-25-21)32(5)14-27-18)11-33(24)23(34)35-17(12-31(3)4)15-9-7-6-8-10-15;/h6-10,13-14,17H,11-12H2,1-5H3,(H2,25,26,28,29,30);1H2/t17-;/m1./s1. The third-order valence-electron chi connectivity index (χ3n) is 6.37. The maximum Gasteiger partial charge on any atom is 0.411 e. The first kappa shape index (κ1) is 25.5. The van der Waals surface area contributed by atoms with Gasteiger partial charge >= 0.3 is 6.09 Å². The number of benzene rings is 1. The summed E-state index contributed by atoms with van der Waals surface area (Å²) >= 11 is 0. The first-order chi connectivity index (χ1) is 16.8. The van der Waals surface area contributed by atoms with E-state index >= 15 is 0 Å². The summed E-state index contributed by atoms with van der Waals surface area (Å²) in [4.78, 5) is 30.2. The highest BCUT2D eigenvalue weighted by Crippen LogP contribution is 2.42. The van der Waals surface area contributed by atoms with Gasteiger partial charge in [-0.05, 0) is 33.5 Å². The summed E-state index contributed by atoms with van der Waals surface area (Å²) in [5.74, 6) is 1.15. The van der Waals surface area contributed by atoms with Crippen molar-refractivity contribution in [2.45, 2.75) is 32.0 Å². The Bertz CT molecular complexity index is 1370. The lowest BCUT2D eigenvalue weighted by atomic mass is 10.0. The van der Waals surface area contributed by atoms with Crippen LogP contribution in [0.2, 0.25) is 0 Å². The summed E-state index contributed by atoms with van der Waals surface area (Å²) in [6, 6.07) is 9.81. The number of hydrogen-bond acceptors (Lipinski definition) is 8. The Labute approximate surface area is 216 Å². The van der Waals surface area contributed by atoms with Crippen molar-refractivity contribution < 1.29 is 9.53 Å². The van der Waals surface area contributed by atoms with E-state index in [4.69, 9.17) is 4.74 Å². The predicted molar refractivity (Wildman–Crippen MR) is 141 cm³/mol. The molecule has 0 radical (unpaired) electrons. The number of hydrogen-bond donors (Lipinski definition) is 2. The molecule has 1 aromatic carbocycles. The number of aromatic nitrogens is 6. The maximum absolute atomic E-state index is 13.4. The quantitative estimate of drug-likeness (QED) is 0.406. The van der Waals surface area contributed by atoms with E-state index in [9.17, 15) is 4.79 Å². The molecule has 0 saturated heterocycles. The summed E-state index contributed by atoms with van der Waals surface area (Å²) in [5.41, 5.74) is 3.43. The van der Waals surface area contributed by atoms with Gasteiger partial charge in [0.25, 0.3) is 0 Å². The van der Waals surface area contributed by atoms with Crippen LogP contribution in [0.5, 0.6) is 0 Å². The molecule has 5 rings (SSSR count). The van der Waals surface area contributed by atoms with Gasteiger partial charge in [-0.3, -0.25) is 10.00 Å². The number of ether oxygens (including phenoxy) is 1. The van der Waals surface area contributed by atoms with Gasteiger partial charge < -0.3 is 19.5 Å². The van der Waals surface area contributed by atoms with Crippen molar-refractivity contribution in [2.75, 3.05) is 26.0 Å². The minimum atomic E-state index is -0.634. The Morgan fingerprint density at radius 3 is 2.67 bits per heavy atom. The third-order valence-corrected chi connectivity index (χ3v) is 6.37. The second-order valence-electron chi connectivity index (χ2n) is 9.49. The van der Waals surface area contributed by atoms with Crippen molar-refractivity contribution in [1.82, 2.24) is 39.5 Å². The lowest BCUT2D eigenvalue weighted by Crippen LogP contribution is -2.42. The lowest BCUT2D eigenvalue weighted by molar-refractivity contribution is 0.0259. The number of nitrogens with one attached hydrogen (secondary N) is 2. The highest BCUT2D eigenvalue weighted by molar-refractivity contribution is 7.59. The molecule has 0 saturated carbocycles. The van der Waals surface area contributed by atoms with Gasteiger partial charge in [0, 0.05) is 19.2 Å². The molecular formula is C24H31N9O2S. The number of anilines is 2. The van der Waals surface area contributed by atoms with Crippen molar-refractivity contribution >= 4 is 42.4 Å². The molecule has 1 aliphatic heterocycles. The molecular weight excluding hydrogens is 478 g/mol. The van der Waals surface area contributed by atoms with E-state index in [0.717, 1.165) is 16.8 Å². The molecule has 190 valence electrons. The molecule has 0 spiro atoms. The second-order valence-corrected chi connectivity index (χ2v) is 9.49. The van der Waals surface area contributed by atoms with Gasteiger partial charge in [0.15, 0.2) is 22.8 Å². The Morgan fingerprint density at radius 2 is 1.94 bits per heavy atom. The Morgan fingerprint density at radius 1 is 1.19 bits per heavy atom. The van der Waals surface area contributed by atoms with E-state index in [1.54, 1.807) is 11.2 Å². The number of nitrogens with zero attached hydrogens (tertiary/aromatic N) is 7. The summed E-state index contributed by atoms with van der Waals surface area (Å²) in [5, 5.41) is 10.9. The minimum Gasteiger partial charge on any atom is -0.440 e. The maximum atomic E-state index is 13.4. The van der Waals surface area contributed by atoms with Crippen LogP contribution in [-0.2, 0) is 23.9 Å². The van der Waals surface area contributed by atoms with E-state index in [1.807, 2.05) is 74.8 Å². The zero-order valence-electron chi connectivity index (χ0n) is 21.0. The number of fused-ring (bicyclic) bond motifs is 2. The Kier molecular flexibility index (Phi) is 6.92. The zero-order valence-corrected chi connectivity index (χ0v) is 22.0. The predicted octanol–water partition coefficient (Wildman–Crippen LogP) is 3.43. The smallest absolute Gasteiger partial charge is 0.411 e. The van der Waals surface area contributed by atoms with Gasteiger partial charge in [-0.1, -0.05) is 30.3 Å². The van der Waals surface area contributed by atoms with Crippen LogP contribution in [0.25, 0.3) is 11.2 Å². The molecule has 12 heteroatoms. The average Bonchev–Trinajstić information content (AvgIpc) is 3.48. The van der Waals surface area contributed by atoms with Crippen LogP contribution in [0.3, 0.4) is 0 Å². The van der Waals surface area contributed by atoms with Crippen molar-refractivity contribution in [2.24, 2.45) is 7.05 Å². The van der Waals surface area contributed by atoms with Gasteiger partial charge in [0.2, 0.25) is 0 Å². The van der Waals surface area contributed by atoms with Crippen molar-refractivity contribution in [1.29, 1.82) is 0 Å². The molecule has 36 heavy (non-hydrogen) atoms. The SMILES string of the molecule is CN(C)C[C@@H](OC(=O)N1Cc2c(Nc3ncnc4c3ncn4C)n[nH]c2C1(C)C)c1ccccc1.S. The first-order valence-corrected chi connectivity index (χ1v) is 11.4. The van der Waals surface area contributed by atoms with E-state index in [-0.39, 0.29) is 25.7 Å². The summed E-state index contributed by atoms with van der Waals surface area (Å²) < 4.78 is 7.87. The molecule has 4 heterocycles. The van der Waals surface area contributed by atoms with Gasteiger partial charge in [0.05, 0.1) is 24.1 Å². The lowest BCUT2D eigenvalue weighted by Gasteiger charge is -2.33. The topological polar surface area (TPSA) is 117 Å². The molecule has 2 N–H and O–H groups in total. The fourth-order valence-corrected chi connectivity index (χ4v) is 4.46. The molecule has 3 aromatic heterocycles. The minimum absolute atomic E-state index is 0. The number of carbonyl (C=O) groups is 1. The van der Waals surface area contributed by atoms with Gasteiger partial charge in [0.1, 0.15) is 12.4 Å². The number of carbonyl (C=O) groups excluding carboxylic acids is 1. The van der Waals surface area contributed by atoms with Crippen LogP contribution in [0.1, 0.15) is 36.8 Å². The van der Waals surface area contributed by atoms with Crippen LogP contribution in [0, 0.1) is 0 Å². The second kappa shape index (κ2) is 9.78. The van der Waals surface area contributed by atoms with Crippen LogP contribution in [-0.4, -0.2) is 66.2 Å². The molecule has 1 aliphatic rings. The number of amides is 1.